The van der Waals surface area contributed by atoms with E-state index in [1.54, 1.807) is 12.1 Å². The first-order valence-corrected chi connectivity index (χ1v) is 6.12. The summed E-state index contributed by atoms with van der Waals surface area (Å²) in [7, 11) is 0. The number of phenolic OH excluding ortho intramolecular Hbond substituents is 1. The van der Waals surface area contributed by atoms with Gasteiger partial charge in [-0.25, -0.2) is 0 Å². The smallest absolute Gasteiger partial charge is 0.231 e. The summed E-state index contributed by atoms with van der Waals surface area (Å²) >= 11 is 0. The second-order valence-electron chi connectivity index (χ2n) is 4.38. The Labute approximate surface area is 116 Å². The molecule has 0 fully saturated rings. The lowest BCUT2D eigenvalue weighted by Crippen LogP contribution is -1.99. The fraction of sp³-hybridized carbons (Fsp3) is 0.133. The molecule has 20 heavy (non-hydrogen) atoms. The van der Waals surface area contributed by atoms with E-state index in [0.717, 1.165) is 22.7 Å². The van der Waals surface area contributed by atoms with Crippen molar-refractivity contribution in [2.45, 2.75) is 6.54 Å². The standard InChI is InChI=1S/C15H12N2O3/c16-7-11-2-3-12(6-13(11)18)17-8-10-1-4-14-15(5-10)20-9-19-14/h1-6,17-18H,8-9H2. The van der Waals surface area contributed by atoms with Gasteiger partial charge in [-0.2, -0.15) is 5.26 Å². The molecule has 0 bridgehead atoms. The zero-order valence-corrected chi connectivity index (χ0v) is 10.6. The van der Waals surface area contributed by atoms with Crippen molar-refractivity contribution >= 4 is 5.69 Å². The van der Waals surface area contributed by atoms with E-state index in [2.05, 4.69) is 5.32 Å². The Morgan fingerprint density at radius 3 is 2.80 bits per heavy atom. The SMILES string of the molecule is N#Cc1ccc(NCc2ccc3c(c2)OCO3)cc1O. The summed E-state index contributed by atoms with van der Waals surface area (Å²) in [6.07, 6.45) is 0. The van der Waals surface area contributed by atoms with E-state index in [-0.39, 0.29) is 18.1 Å². The molecule has 100 valence electrons. The van der Waals surface area contributed by atoms with Gasteiger partial charge in [0.2, 0.25) is 6.79 Å². The first kappa shape index (κ1) is 12.2. The summed E-state index contributed by atoms with van der Waals surface area (Å²) in [4.78, 5) is 0. The van der Waals surface area contributed by atoms with Crippen LogP contribution in [0.4, 0.5) is 5.69 Å². The molecule has 0 unspecified atom stereocenters. The van der Waals surface area contributed by atoms with Crippen LogP contribution in [-0.2, 0) is 6.54 Å². The number of aromatic hydroxyl groups is 1. The zero-order chi connectivity index (χ0) is 13.9. The maximum atomic E-state index is 9.62. The highest BCUT2D eigenvalue weighted by molar-refractivity contribution is 5.55. The average Bonchev–Trinajstić information content (AvgIpc) is 2.92. The Hall–Kier alpha value is -2.87. The van der Waals surface area contributed by atoms with Crippen molar-refractivity contribution in [3.8, 4) is 23.3 Å². The number of ether oxygens (including phenoxy) is 2. The third-order valence-corrected chi connectivity index (χ3v) is 3.05. The molecule has 2 aromatic carbocycles. The number of anilines is 1. The number of rotatable bonds is 3. The van der Waals surface area contributed by atoms with Crippen LogP contribution in [-0.4, -0.2) is 11.9 Å². The largest absolute Gasteiger partial charge is 0.506 e. The van der Waals surface area contributed by atoms with Crippen LogP contribution in [0.15, 0.2) is 36.4 Å². The third-order valence-electron chi connectivity index (χ3n) is 3.05. The van der Waals surface area contributed by atoms with Gasteiger partial charge in [0.05, 0.1) is 5.56 Å². The van der Waals surface area contributed by atoms with Crippen LogP contribution in [0.5, 0.6) is 17.2 Å². The van der Waals surface area contributed by atoms with Crippen LogP contribution in [0.3, 0.4) is 0 Å². The maximum absolute atomic E-state index is 9.62. The van der Waals surface area contributed by atoms with Gasteiger partial charge in [-0.15, -0.1) is 0 Å². The quantitative estimate of drug-likeness (QED) is 0.895. The van der Waals surface area contributed by atoms with Crippen LogP contribution in [0.2, 0.25) is 0 Å². The Kier molecular flexibility index (Phi) is 3.05. The maximum Gasteiger partial charge on any atom is 0.231 e. The van der Waals surface area contributed by atoms with Crippen molar-refractivity contribution in [2.75, 3.05) is 12.1 Å². The lowest BCUT2D eigenvalue weighted by molar-refractivity contribution is 0.174. The number of benzene rings is 2. The molecule has 5 nitrogen and oxygen atoms in total. The molecule has 0 saturated carbocycles. The lowest BCUT2D eigenvalue weighted by Gasteiger charge is -2.08. The molecule has 0 aromatic heterocycles. The molecule has 3 rings (SSSR count). The van der Waals surface area contributed by atoms with E-state index in [4.69, 9.17) is 14.7 Å². The second-order valence-corrected chi connectivity index (χ2v) is 4.38. The molecular formula is C15H12N2O3. The van der Waals surface area contributed by atoms with Crippen molar-refractivity contribution in [3.63, 3.8) is 0 Å². The van der Waals surface area contributed by atoms with Crippen LogP contribution in [0.1, 0.15) is 11.1 Å². The predicted octanol–water partition coefficient (Wildman–Crippen LogP) is 2.60. The van der Waals surface area contributed by atoms with Crippen molar-refractivity contribution in [1.82, 2.24) is 0 Å². The van der Waals surface area contributed by atoms with Gasteiger partial charge in [0.15, 0.2) is 11.5 Å². The fourth-order valence-electron chi connectivity index (χ4n) is 1.99. The fourth-order valence-corrected chi connectivity index (χ4v) is 1.99. The Morgan fingerprint density at radius 2 is 2.00 bits per heavy atom. The number of fused-ring (bicyclic) bond motifs is 1. The van der Waals surface area contributed by atoms with Gasteiger partial charge in [-0.1, -0.05) is 6.07 Å². The van der Waals surface area contributed by atoms with Gasteiger partial charge in [-0.3, -0.25) is 0 Å². The predicted molar refractivity (Wildman–Crippen MR) is 72.7 cm³/mol. The van der Waals surface area contributed by atoms with Gasteiger partial charge in [0.1, 0.15) is 11.8 Å². The normalized spacial score (nSPS) is 11.9. The number of hydrogen-bond donors (Lipinski definition) is 2. The molecule has 0 saturated heterocycles. The van der Waals surface area contributed by atoms with E-state index in [1.807, 2.05) is 24.3 Å². The first-order chi connectivity index (χ1) is 9.76. The van der Waals surface area contributed by atoms with E-state index in [0.29, 0.717) is 6.54 Å². The highest BCUT2D eigenvalue weighted by atomic mass is 16.7. The Morgan fingerprint density at radius 1 is 1.15 bits per heavy atom. The van der Waals surface area contributed by atoms with E-state index >= 15 is 0 Å². The molecule has 2 N–H and O–H groups in total. The average molecular weight is 268 g/mol. The molecule has 0 spiro atoms. The molecule has 1 aliphatic rings. The molecule has 0 radical (unpaired) electrons. The van der Waals surface area contributed by atoms with E-state index in [1.165, 1.54) is 6.07 Å². The zero-order valence-electron chi connectivity index (χ0n) is 10.6. The molecule has 2 aromatic rings. The Bertz CT molecular complexity index is 681. The van der Waals surface area contributed by atoms with Gasteiger partial charge in [0, 0.05) is 18.3 Å². The molecule has 0 aliphatic carbocycles. The van der Waals surface area contributed by atoms with Crippen molar-refractivity contribution < 1.29 is 14.6 Å². The van der Waals surface area contributed by atoms with Gasteiger partial charge >= 0.3 is 0 Å². The van der Waals surface area contributed by atoms with E-state index in [9.17, 15) is 5.11 Å². The molecule has 5 heteroatoms. The lowest BCUT2D eigenvalue weighted by atomic mass is 10.1. The molecule has 0 atom stereocenters. The molecule has 1 heterocycles. The van der Waals surface area contributed by atoms with Crippen molar-refractivity contribution in [3.05, 3.63) is 47.5 Å². The van der Waals surface area contributed by atoms with Crippen LogP contribution in [0, 0.1) is 11.3 Å². The molecule has 0 amide bonds. The highest BCUT2D eigenvalue weighted by Gasteiger charge is 2.12. The summed E-state index contributed by atoms with van der Waals surface area (Å²) in [5.74, 6) is 1.47. The van der Waals surface area contributed by atoms with E-state index < -0.39 is 0 Å². The number of hydrogen-bond acceptors (Lipinski definition) is 5. The Balaban J connectivity index is 1.70. The summed E-state index contributed by atoms with van der Waals surface area (Å²) in [5, 5.41) is 21.5. The number of nitrogens with one attached hydrogen (secondary N) is 1. The van der Waals surface area contributed by atoms with Gasteiger partial charge in [0.25, 0.3) is 0 Å². The summed E-state index contributed by atoms with van der Waals surface area (Å²) in [6, 6.07) is 12.5. The van der Waals surface area contributed by atoms with Crippen LogP contribution in [0.25, 0.3) is 0 Å². The number of nitriles is 1. The minimum atomic E-state index is -0.0248. The van der Waals surface area contributed by atoms with Crippen molar-refractivity contribution in [1.29, 1.82) is 5.26 Å². The topological polar surface area (TPSA) is 74.5 Å². The highest BCUT2D eigenvalue weighted by Crippen LogP contribution is 2.32. The number of phenols is 1. The second kappa shape index (κ2) is 5.02. The summed E-state index contributed by atoms with van der Waals surface area (Å²) < 4.78 is 10.6. The van der Waals surface area contributed by atoms with Crippen molar-refractivity contribution in [2.24, 2.45) is 0 Å². The summed E-state index contributed by atoms with van der Waals surface area (Å²) in [5.41, 5.74) is 2.05. The summed E-state index contributed by atoms with van der Waals surface area (Å²) in [6.45, 7) is 0.845. The third kappa shape index (κ3) is 2.31. The van der Waals surface area contributed by atoms with Crippen LogP contribution < -0.4 is 14.8 Å². The monoisotopic (exact) mass is 268 g/mol. The van der Waals surface area contributed by atoms with Gasteiger partial charge < -0.3 is 19.9 Å². The minimum Gasteiger partial charge on any atom is -0.506 e. The number of nitrogens with zero attached hydrogens (tertiary/aromatic N) is 1. The molecule has 1 aliphatic heterocycles. The minimum absolute atomic E-state index is 0.0248. The molecular weight excluding hydrogens is 256 g/mol. The van der Waals surface area contributed by atoms with Gasteiger partial charge in [-0.05, 0) is 29.8 Å². The van der Waals surface area contributed by atoms with Crippen LogP contribution >= 0.6 is 0 Å². The first-order valence-electron chi connectivity index (χ1n) is 6.12.